The van der Waals surface area contributed by atoms with Gasteiger partial charge in [0.2, 0.25) is 5.91 Å². The Hall–Kier alpha value is -0.820. The zero-order valence-electron chi connectivity index (χ0n) is 10.6. The van der Waals surface area contributed by atoms with E-state index in [9.17, 15) is 18.0 Å². The van der Waals surface area contributed by atoms with Crippen molar-refractivity contribution in [2.24, 2.45) is 11.8 Å². The van der Waals surface area contributed by atoms with Gasteiger partial charge >= 0.3 is 6.18 Å². The molecule has 0 bridgehead atoms. The minimum Gasteiger partial charge on any atom is -0.362 e. The third-order valence-corrected chi connectivity index (χ3v) is 3.82. The number of amides is 1. The molecule has 4 nitrogen and oxygen atoms in total. The van der Waals surface area contributed by atoms with Crippen LogP contribution in [0.3, 0.4) is 0 Å². The van der Waals surface area contributed by atoms with Crippen molar-refractivity contribution in [1.82, 2.24) is 10.6 Å². The molecule has 1 aliphatic carbocycles. The molecule has 110 valence electrons. The molecule has 2 fully saturated rings. The topological polar surface area (TPSA) is 50.4 Å². The standard InChI is InChI=1S/C12H19F3N2O2/c13-12(14,15)7-19-6-11(18)17-10-2-1-8-4-16-5-9(8)3-10/h8-10,16H,1-7H2,(H,17,18)/t8-,9+,10?/m0/s1. The van der Waals surface area contributed by atoms with Crippen LogP contribution in [0.5, 0.6) is 0 Å². The van der Waals surface area contributed by atoms with E-state index < -0.39 is 25.3 Å². The molecule has 0 aromatic carbocycles. The molecule has 1 heterocycles. The lowest BCUT2D eigenvalue weighted by molar-refractivity contribution is -0.175. The molecular weight excluding hydrogens is 261 g/mol. The Morgan fingerprint density at radius 1 is 1.26 bits per heavy atom. The molecule has 3 atom stereocenters. The molecule has 1 saturated heterocycles. The highest BCUT2D eigenvalue weighted by molar-refractivity contribution is 5.77. The van der Waals surface area contributed by atoms with E-state index in [0.717, 1.165) is 32.4 Å². The molecule has 1 amide bonds. The maximum absolute atomic E-state index is 11.8. The van der Waals surface area contributed by atoms with Crippen LogP contribution < -0.4 is 10.6 Å². The second-order valence-electron chi connectivity index (χ2n) is 5.36. The summed E-state index contributed by atoms with van der Waals surface area (Å²) in [6.45, 7) is 0.115. The average molecular weight is 280 g/mol. The van der Waals surface area contributed by atoms with E-state index in [0.29, 0.717) is 11.8 Å². The fraction of sp³-hybridized carbons (Fsp3) is 0.917. The van der Waals surface area contributed by atoms with Crippen LogP contribution in [0.2, 0.25) is 0 Å². The van der Waals surface area contributed by atoms with E-state index in [1.54, 1.807) is 0 Å². The Morgan fingerprint density at radius 2 is 2.00 bits per heavy atom. The summed E-state index contributed by atoms with van der Waals surface area (Å²) in [6, 6.07) is 0.0723. The summed E-state index contributed by atoms with van der Waals surface area (Å²) < 4.78 is 39.9. The minimum absolute atomic E-state index is 0.0723. The summed E-state index contributed by atoms with van der Waals surface area (Å²) in [7, 11) is 0. The molecule has 1 saturated carbocycles. The van der Waals surface area contributed by atoms with Gasteiger partial charge in [-0.3, -0.25) is 4.79 Å². The number of nitrogens with one attached hydrogen (secondary N) is 2. The number of alkyl halides is 3. The monoisotopic (exact) mass is 280 g/mol. The van der Waals surface area contributed by atoms with Crippen LogP contribution in [0.1, 0.15) is 19.3 Å². The molecule has 1 aliphatic heterocycles. The highest BCUT2D eigenvalue weighted by Crippen LogP contribution is 2.32. The maximum atomic E-state index is 11.8. The molecular formula is C12H19F3N2O2. The van der Waals surface area contributed by atoms with Gasteiger partial charge < -0.3 is 15.4 Å². The van der Waals surface area contributed by atoms with Crippen molar-refractivity contribution in [3.05, 3.63) is 0 Å². The quantitative estimate of drug-likeness (QED) is 0.810. The van der Waals surface area contributed by atoms with Crippen LogP contribution in [-0.2, 0) is 9.53 Å². The number of carbonyl (C=O) groups excluding carboxylic acids is 1. The first-order valence-electron chi connectivity index (χ1n) is 6.58. The molecule has 7 heteroatoms. The zero-order valence-corrected chi connectivity index (χ0v) is 10.6. The molecule has 0 radical (unpaired) electrons. The molecule has 2 rings (SSSR count). The fourth-order valence-electron chi connectivity index (χ4n) is 2.96. The average Bonchev–Trinajstić information content (AvgIpc) is 2.74. The number of hydrogen-bond acceptors (Lipinski definition) is 3. The van der Waals surface area contributed by atoms with E-state index in [1.807, 2.05) is 0 Å². The summed E-state index contributed by atoms with van der Waals surface area (Å²) in [6.07, 6.45) is -1.52. The first-order chi connectivity index (χ1) is 8.94. The first-order valence-corrected chi connectivity index (χ1v) is 6.58. The number of halogens is 3. The van der Waals surface area contributed by atoms with Gasteiger partial charge in [0, 0.05) is 6.04 Å². The van der Waals surface area contributed by atoms with Crippen molar-refractivity contribution < 1.29 is 22.7 Å². The van der Waals surface area contributed by atoms with Gasteiger partial charge in [0.05, 0.1) is 0 Å². The van der Waals surface area contributed by atoms with Crippen LogP contribution in [0, 0.1) is 11.8 Å². The number of rotatable bonds is 4. The maximum Gasteiger partial charge on any atom is 0.411 e. The van der Waals surface area contributed by atoms with E-state index in [-0.39, 0.29) is 6.04 Å². The summed E-state index contributed by atoms with van der Waals surface area (Å²) in [5, 5.41) is 6.09. The van der Waals surface area contributed by atoms with E-state index in [4.69, 9.17) is 0 Å². The summed E-state index contributed by atoms with van der Waals surface area (Å²) in [4.78, 5) is 11.5. The van der Waals surface area contributed by atoms with Crippen LogP contribution in [0.4, 0.5) is 13.2 Å². The van der Waals surface area contributed by atoms with Gasteiger partial charge in [-0.2, -0.15) is 13.2 Å². The lowest BCUT2D eigenvalue weighted by Crippen LogP contribution is -2.42. The largest absolute Gasteiger partial charge is 0.411 e. The minimum atomic E-state index is -4.38. The van der Waals surface area contributed by atoms with Crippen LogP contribution in [0.15, 0.2) is 0 Å². The van der Waals surface area contributed by atoms with Crippen LogP contribution >= 0.6 is 0 Å². The number of carbonyl (C=O) groups is 1. The second-order valence-corrected chi connectivity index (χ2v) is 5.36. The lowest BCUT2D eigenvalue weighted by atomic mass is 9.79. The normalized spacial score (nSPS) is 31.0. The highest BCUT2D eigenvalue weighted by atomic mass is 19.4. The third kappa shape index (κ3) is 4.65. The molecule has 2 N–H and O–H groups in total. The predicted molar refractivity (Wildman–Crippen MR) is 62.5 cm³/mol. The van der Waals surface area contributed by atoms with Crippen molar-refractivity contribution in [3.63, 3.8) is 0 Å². The summed E-state index contributed by atoms with van der Waals surface area (Å²) >= 11 is 0. The Bertz CT molecular complexity index is 323. The summed E-state index contributed by atoms with van der Waals surface area (Å²) in [5.41, 5.74) is 0. The molecule has 0 aromatic heterocycles. The molecule has 0 aromatic rings. The first kappa shape index (κ1) is 14.6. The van der Waals surface area contributed by atoms with Crippen molar-refractivity contribution in [2.75, 3.05) is 26.3 Å². The SMILES string of the molecule is O=C(COCC(F)(F)F)NC1CC[C@H]2CNC[C@H]2C1. The number of ether oxygens (including phenoxy) is 1. The smallest absolute Gasteiger partial charge is 0.362 e. The van der Waals surface area contributed by atoms with E-state index in [1.165, 1.54) is 0 Å². The second kappa shape index (κ2) is 6.09. The van der Waals surface area contributed by atoms with Gasteiger partial charge in [-0.1, -0.05) is 0 Å². The number of hydrogen-bond donors (Lipinski definition) is 2. The lowest BCUT2D eigenvalue weighted by Gasteiger charge is -2.31. The van der Waals surface area contributed by atoms with Crippen molar-refractivity contribution in [2.45, 2.75) is 31.5 Å². The predicted octanol–water partition coefficient (Wildman–Crippen LogP) is 1.07. The zero-order chi connectivity index (χ0) is 13.9. The Balaban J connectivity index is 1.65. The van der Waals surface area contributed by atoms with Gasteiger partial charge in [0.1, 0.15) is 13.2 Å². The number of fused-ring (bicyclic) bond motifs is 1. The van der Waals surface area contributed by atoms with Crippen LogP contribution in [0.25, 0.3) is 0 Å². The molecule has 1 unspecified atom stereocenters. The third-order valence-electron chi connectivity index (χ3n) is 3.82. The van der Waals surface area contributed by atoms with Gasteiger partial charge in [0.25, 0.3) is 0 Å². The summed E-state index contributed by atoms with van der Waals surface area (Å²) in [5.74, 6) is 0.809. The fourth-order valence-corrected chi connectivity index (χ4v) is 2.96. The van der Waals surface area contributed by atoms with Gasteiger partial charge in [-0.05, 0) is 44.2 Å². The van der Waals surface area contributed by atoms with Crippen molar-refractivity contribution in [1.29, 1.82) is 0 Å². The van der Waals surface area contributed by atoms with Crippen LogP contribution in [-0.4, -0.2) is 44.4 Å². The van der Waals surface area contributed by atoms with Crippen molar-refractivity contribution in [3.8, 4) is 0 Å². The van der Waals surface area contributed by atoms with Gasteiger partial charge in [-0.15, -0.1) is 0 Å². The van der Waals surface area contributed by atoms with Gasteiger partial charge in [-0.25, -0.2) is 0 Å². The molecule has 0 spiro atoms. The molecule has 19 heavy (non-hydrogen) atoms. The molecule has 2 aliphatic rings. The van der Waals surface area contributed by atoms with E-state index in [2.05, 4.69) is 15.4 Å². The van der Waals surface area contributed by atoms with Gasteiger partial charge in [0.15, 0.2) is 0 Å². The Labute approximate surface area is 110 Å². The highest BCUT2D eigenvalue weighted by Gasteiger charge is 2.34. The van der Waals surface area contributed by atoms with Crippen molar-refractivity contribution >= 4 is 5.91 Å². The van der Waals surface area contributed by atoms with E-state index >= 15 is 0 Å². The Kier molecular flexibility index (Phi) is 4.67. The Morgan fingerprint density at radius 3 is 2.74 bits per heavy atom.